The first-order valence-corrected chi connectivity index (χ1v) is 6.18. The zero-order valence-corrected chi connectivity index (χ0v) is 9.95. The lowest BCUT2D eigenvalue weighted by molar-refractivity contribution is -0.0208. The predicted molar refractivity (Wildman–Crippen MR) is 61.9 cm³/mol. The van der Waals surface area contributed by atoms with Crippen molar-refractivity contribution in [2.75, 3.05) is 19.8 Å². The number of unbranched alkanes of at least 4 members (excludes halogenated alkanes) is 6. The third kappa shape index (κ3) is 10.2. The molecule has 0 aliphatic heterocycles. The van der Waals surface area contributed by atoms with Crippen LogP contribution in [0.2, 0.25) is 0 Å². The number of hydrogen-bond acceptors (Lipinski definition) is 3. The summed E-state index contributed by atoms with van der Waals surface area (Å²) in [5, 5.41) is 17.5. The molecule has 2 N–H and O–H groups in total. The average molecular weight is 218 g/mol. The van der Waals surface area contributed by atoms with E-state index in [1.54, 1.807) is 0 Å². The van der Waals surface area contributed by atoms with Crippen LogP contribution in [0.25, 0.3) is 0 Å². The van der Waals surface area contributed by atoms with Crippen LogP contribution in [0.3, 0.4) is 0 Å². The number of aliphatic hydroxyl groups is 2. The van der Waals surface area contributed by atoms with Crippen molar-refractivity contribution in [2.45, 2.75) is 58.0 Å². The van der Waals surface area contributed by atoms with E-state index < -0.39 is 0 Å². The first-order valence-electron chi connectivity index (χ1n) is 6.18. The molecule has 0 bridgehead atoms. The van der Waals surface area contributed by atoms with E-state index in [-0.39, 0.29) is 19.3 Å². The van der Waals surface area contributed by atoms with E-state index in [9.17, 15) is 0 Å². The van der Waals surface area contributed by atoms with Crippen molar-refractivity contribution in [1.29, 1.82) is 0 Å². The molecule has 0 heterocycles. The molecule has 0 atom stereocenters. The molecule has 15 heavy (non-hydrogen) atoms. The van der Waals surface area contributed by atoms with E-state index in [4.69, 9.17) is 14.9 Å². The van der Waals surface area contributed by atoms with Gasteiger partial charge >= 0.3 is 0 Å². The van der Waals surface area contributed by atoms with Crippen molar-refractivity contribution < 1.29 is 14.9 Å². The summed E-state index contributed by atoms with van der Waals surface area (Å²) in [5.74, 6) is 0. The van der Waals surface area contributed by atoms with Crippen LogP contribution in [0, 0.1) is 0 Å². The molecule has 0 saturated carbocycles. The summed E-state index contributed by atoms with van der Waals surface area (Å²) in [4.78, 5) is 0. The summed E-state index contributed by atoms with van der Waals surface area (Å²) in [6.45, 7) is 2.69. The van der Waals surface area contributed by atoms with E-state index >= 15 is 0 Å². The van der Waals surface area contributed by atoms with Crippen molar-refractivity contribution >= 4 is 0 Å². The van der Waals surface area contributed by atoms with Crippen molar-refractivity contribution in [3.8, 4) is 0 Å². The van der Waals surface area contributed by atoms with Crippen LogP contribution < -0.4 is 0 Å². The Hall–Kier alpha value is -0.120. The molecule has 0 radical (unpaired) electrons. The van der Waals surface area contributed by atoms with Crippen LogP contribution in [0.4, 0.5) is 0 Å². The summed E-state index contributed by atoms with van der Waals surface area (Å²) < 4.78 is 5.27. The fourth-order valence-electron chi connectivity index (χ4n) is 1.47. The summed E-state index contributed by atoms with van der Waals surface area (Å²) in [7, 11) is 0. The van der Waals surface area contributed by atoms with Gasteiger partial charge in [0, 0.05) is 6.61 Å². The average Bonchev–Trinajstić information content (AvgIpc) is 2.27. The summed E-state index contributed by atoms with van der Waals surface area (Å²) in [6.07, 6.45) is 8.39. The van der Waals surface area contributed by atoms with Gasteiger partial charge in [-0.05, 0) is 6.42 Å². The Morgan fingerprint density at radius 2 is 1.40 bits per heavy atom. The fraction of sp³-hybridized carbons (Fsp3) is 1.00. The first-order chi connectivity index (χ1) is 7.35. The molecule has 0 aromatic heterocycles. The second kappa shape index (κ2) is 12.0. The van der Waals surface area contributed by atoms with E-state index in [1.165, 1.54) is 38.5 Å². The number of ether oxygens (including phenoxy) is 1. The van der Waals surface area contributed by atoms with Crippen molar-refractivity contribution in [2.24, 2.45) is 0 Å². The van der Waals surface area contributed by atoms with Crippen LogP contribution in [0.5, 0.6) is 0 Å². The topological polar surface area (TPSA) is 49.7 Å². The minimum atomic E-state index is -0.384. The van der Waals surface area contributed by atoms with E-state index in [0.29, 0.717) is 6.61 Å². The third-order valence-corrected chi connectivity index (χ3v) is 2.51. The highest BCUT2D eigenvalue weighted by molar-refractivity contribution is 4.52. The Bertz CT molecular complexity index is 113. The molecule has 0 fully saturated rings. The minimum absolute atomic E-state index is 0.0903. The molecule has 0 rings (SSSR count). The smallest absolute Gasteiger partial charge is 0.104 e. The maximum Gasteiger partial charge on any atom is 0.104 e. The molecule has 3 heteroatoms. The summed E-state index contributed by atoms with van der Waals surface area (Å²) >= 11 is 0. The fourth-order valence-corrected chi connectivity index (χ4v) is 1.47. The molecule has 0 aliphatic carbocycles. The minimum Gasteiger partial charge on any atom is -0.394 e. The molecule has 0 aromatic rings. The highest BCUT2D eigenvalue weighted by Crippen LogP contribution is 2.07. The molecular formula is C12H26O3. The van der Waals surface area contributed by atoms with Crippen molar-refractivity contribution in [1.82, 2.24) is 0 Å². The lowest BCUT2D eigenvalue weighted by atomic mass is 10.1. The summed E-state index contributed by atoms with van der Waals surface area (Å²) in [6, 6.07) is 0. The van der Waals surface area contributed by atoms with Gasteiger partial charge in [0.15, 0.2) is 0 Å². The van der Waals surface area contributed by atoms with Gasteiger partial charge in [-0.15, -0.1) is 0 Å². The van der Waals surface area contributed by atoms with Gasteiger partial charge in [0.25, 0.3) is 0 Å². The molecule has 0 saturated heterocycles. The van der Waals surface area contributed by atoms with E-state index in [1.807, 2.05) is 0 Å². The Labute approximate surface area is 93.5 Å². The quantitative estimate of drug-likeness (QED) is 0.522. The van der Waals surface area contributed by atoms with Crippen LogP contribution in [-0.4, -0.2) is 36.1 Å². The van der Waals surface area contributed by atoms with E-state index in [0.717, 1.165) is 6.42 Å². The zero-order valence-electron chi connectivity index (χ0n) is 9.95. The SMILES string of the molecule is CCCCCCCCCOC(CO)CO. The van der Waals surface area contributed by atoms with Gasteiger partial charge in [0.1, 0.15) is 6.10 Å². The second-order valence-corrected chi connectivity index (χ2v) is 3.98. The molecule has 0 spiro atoms. The molecule has 92 valence electrons. The van der Waals surface area contributed by atoms with E-state index in [2.05, 4.69) is 6.92 Å². The number of rotatable bonds is 11. The van der Waals surface area contributed by atoms with Crippen LogP contribution in [0.15, 0.2) is 0 Å². The van der Waals surface area contributed by atoms with Gasteiger partial charge in [-0.1, -0.05) is 45.4 Å². The lowest BCUT2D eigenvalue weighted by Crippen LogP contribution is -2.22. The molecule has 0 aliphatic rings. The number of hydrogen-bond donors (Lipinski definition) is 2. The molecule has 0 amide bonds. The summed E-state index contributed by atoms with van der Waals surface area (Å²) in [5.41, 5.74) is 0. The standard InChI is InChI=1S/C12H26O3/c1-2-3-4-5-6-7-8-9-15-12(10-13)11-14/h12-14H,2-11H2,1H3. The molecular weight excluding hydrogens is 192 g/mol. The maximum absolute atomic E-state index is 8.74. The monoisotopic (exact) mass is 218 g/mol. The van der Waals surface area contributed by atoms with Gasteiger partial charge in [-0.25, -0.2) is 0 Å². The number of aliphatic hydroxyl groups excluding tert-OH is 2. The van der Waals surface area contributed by atoms with Crippen LogP contribution >= 0.6 is 0 Å². The van der Waals surface area contributed by atoms with Crippen LogP contribution in [-0.2, 0) is 4.74 Å². The molecule has 0 aromatic carbocycles. The van der Waals surface area contributed by atoms with Gasteiger partial charge in [0.2, 0.25) is 0 Å². The van der Waals surface area contributed by atoms with Gasteiger partial charge in [-0.3, -0.25) is 0 Å². The third-order valence-electron chi connectivity index (χ3n) is 2.51. The molecule has 0 unspecified atom stereocenters. The lowest BCUT2D eigenvalue weighted by Gasteiger charge is -2.11. The largest absolute Gasteiger partial charge is 0.394 e. The van der Waals surface area contributed by atoms with Crippen molar-refractivity contribution in [3.63, 3.8) is 0 Å². The van der Waals surface area contributed by atoms with Gasteiger partial charge < -0.3 is 14.9 Å². The Morgan fingerprint density at radius 1 is 0.867 bits per heavy atom. The predicted octanol–water partition coefficient (Wildman–Crippen LogP) is 2.11. The first kappa shape index (κ1) is 14.9. The Kier molecular flexibility index (Phi) is 11.9. The normalized spacial score (nSPS) is 11.2. The molecule has 3 nitrogen and oxygen atoms in total. The maximum atomic E-state index is 8.74. The highest BCUT2D eigenvalue weighted by Gasteiger charge is 2.04. The van der Waals surface area contributed by atoms with Gasteiger partial charge in [0.05, 0.1) is 13.2 Å². The highest BCUT2D eigenvalue weighted by atomic mass is 16.5. The second-order valence-electron chi connectivity index (χ2n) is 3.98. The van der Waals surface area contributed by atoms with Gasteiger partial charge in [-0.2, -0.15) is 0 Å². The van der Waals surface area contributed by atoms with Crippen molar-refractivity contribution in [3.05, 3.63) is 0 Å². The Balaban J connectivity index is 3.04. The van der Waals surface area contributed by atoms with Crippen LogP contribution in [0.1, 0.15) is 51.9 Å². The zero-order chi connectivity index (χ0) is 11.4. The Morgan fingerprint density at radius 3 is 1.93 bits per heavy atom.